The minimum absolute atomic E-state index is 0.129. The van der Waals surface area contributed by atoms with Crippen molar-refractivity contribution in [3.63, 3.8) is 0 Å². The zero-order valence-electron chi connectivity index (χ0n) is 9.77. The van der Waals surface area contributed by atoms with E-state index in [9.17, 15) is 8.78 Å². The molecule has 0 spiro atoms. The third-order valence-electron chi connectivity index (χ3n) is 2.58. The van der Waals surface area contributed by atoms with Gasteiger partial charge in [0, 0.05) is 10.4 Å². The number of hydrogen-bond acceptors (Lipinski definition) is 3. The Balaban J connectivity index is 2.32. The minimum atomic E-state index is -2.84. The summed E-state index contributed by atoms with van der Waals surface area (Å²) in [6.45, 7) is -0.870. The summed E-state index contributed by atoms with van der Waals surface area (Å²) < 4.78 is 29.1. The van der Waals surface area contributed by atoms with E-state index in [1.54, 1.807) is 29.5 Å². The van der Waals surface area contributed by atoms with Crippen LogP contribution in [0.2, 0.25) is 0 Å². The van der Waals surface area contributed by atoms with E-state index < -0.39 is 12.7 Å². The zero-order valence-corrected chi connectivity index (χ0v) is 10.6. The molecule has 0 aliphatic heterocycles. The molecule has 0 aliphatic carbocycles. The van der Waals surface area contributed by atoms with Crippen molar-refractivity contribution in [1.29, 1.82) is 0 Å². The van der Waals surface area contributed by atoms with Crippen molar-refractivity contribution < 1.29 is 13.5 Å². The van der Waals surface area contributed by atoms with Crippen LogP contribution in [0.5, 0.6) is 5.75 Å². The van der Waals surface area contributed by atoms with E-state index in [2.05, 4.69) is 4.74 Å². The van der Waals surface area contributed by atoms with Crippen molar-refractivity contribution in [2.75, 3.05) is 0 Å². The first-order valence-corrected chi connectivity index (χ1v) is 6.30. The maximum absolute atomic E-state index is 12.3. The van der Waals surface area contributed by atoms with Gasteiger partial charge >= 0.3 is 6.61 Å². The van der Waals surface area contributed by atoms with Crippen molar-refractivity contribution in [3.8, 4) is 5.75 Å². The molecular weight excluding hydrogens is 256 g/mol. The highest BCUT2D eigenvalue weighted by molar-refractivity contribution is 7.10. The molecule has 1 heterocycles. The number of halogens is 2. The van der Waals surface area contributed by atoms with Crippen molar-refractivity contribution in [2.45, 2.75) is 19.6 Å². The van der Waals surface area contributed by atoms with Gasteiger partial charge in [0.05, 0.1) is 6.04 Å². The number of ether oxygens (including phenoxy) is 1. The Morgan fingerprint density at radius 1 is 1.28 bits per heavy atom. The van der Waals surface area contributed by atoms with Crippen LogP contribution in [0.4, 0.5) is 8.78 Å². The lowest BCUT2D eigenvalue weighted by Crippen LogP contribution is -2.14. The Hall–Kier alpha value is -1.46. The van der Waals surface area contributed by atoms with Gasteiger partial charge in [-0.1, -0.05) is 18.2 Å². The molecule has 2 nitrogen and oxygen atoms in total. The first kappa shape index (κ1) is 13.0. The largest absolute Gasteiger partial charge is 0.434 e. The van der Waals surface area contributed by atoms with Gasteiger partial charge in [0.25, 0.3) is 0 Å². The number of aryl methyl sites for hydroxylation is 1. The number of para-hydroxylation sites is 1. The predicted molar refractivity (Wildman–Crippen MR) is 68.2 cm³/mol. The van der Waals surface area contributed by atoms with Crippen molar-refractivity contribution in [1.82, 2.24) is 0 Å². The Morgan fingerprint density at radius 3 is 2.61 bits per heavy atom. The van der Waals surface area contributed by atoms with Crippen LogP contribution in [-0.4, -0.2) is 6.61 Å². The van der Waals surface area contributed by atoms with E-state index >= 15 is 0 Å². The highest BCUT2D eigenvalue weighted by Crippen LogP contribution is 2.31. The molecule has 1 atom stereocenters. The summed E-state index contributed by atoms with van der Waals surface area (Å²) in [4.78, 5) is 1.13. The molecule has 0 saturated carbocycles. The van der Waals surface area contributed by atoms with E-state index in [1.165, 1.54) is 6.07 Å². The average molecular weight is 269 g/mol. The second-order valence-electron chi connectivity index (χ2n) is 3.88. The summed E-state index contributed by atoms with van der Waals surface area (Å²) in [7, 11) is 0. The maximum Gasteiger partial charge on any atom is 0.387 e. The lowest BCUT2D eigenvalue weighted by atomic mass is 10.0. The summed E-state index contributed by atoms with van der Waals surface area (Å²) in [5.74, 6) is 0.129. The summed E-state index contributed by atoms with van der Waals surface area (Å²) in [6.07, 6.45) is 0. The van der Waals surface area contributed by atoms with Gasteiger partial charge in [0.1, 0.15) is 5.75 Å². The molecule has 1 aromatic carbocycles. The van der Waals surface area contributed by atoms with Crippen LogP contribution < -0.4 is 10.5 Å². The highest BCUT2D eigenvalue weighted by atomic mass is 32.1. The van der Waals surface area contributed by atoms with Crippen molar-refractivity contribution >= 4 is 11.3 Å². The molecule has 0 fully saturated rings. The van der Waals surface area contributed by atoms with Crippen LogP contribution in [-0.2, 0) is 0 Å². The van der Waals surface area contributed by atoms with E-state index in [-0.39, 0.29) is 5.75 Å². The monoisotopic (exact) mass is 269 g/mol. The molecule has 2 N–H and O–H groups in total. The first-order valence-electron chi connectivity index (χ1n) is 5.42. The summed E-state index contributed by atoms with van der Waals surface area (Å²) >= 11 is 1.58. The summed E-state index contributed by atoms with van der Waals surface area (Å²) in [5.41, 5.74) is 7.56. The molecule has 2 rings (SSSR count). The lowest BCUT2D eigenvalue weighted by molar-refractivity contribution is -0.0505. The fourth-order valence-corrected chi connectivity index (χ4v) is 2.49. The Labute approximate surface area is 108 Å². The van der Waals surface area contributed by atoms with Gasteiger partial charge in [-0.15, -0.1) is 11.3 Å². The van der Waals surface area contributed by atoms with Crippen LogP contribution in [0.15, 0.2) is 35.7 Å². The third kappa shape index (κ3) is 2.86. The average Bonchev–Trinajstić information content (AvgIpc) is 2.75. The molecule has 1 aromatic heterocycles. The van der Waals surface area contributed by atoms with Gasteiger partial charge < -0.3 is 10.5 Å². The first-order chi connectivity index (χ1) is 8.58. The van der Waals surface area contributed by atoms with Crippen LogP contribution >= 0.6 is 11.3 Å². The fraction of sp³-hybridized carbons (Fsp3) is 0.231. The fourth-order valence-electron chi connectivity index (χ4n) is 1.75. The number of hydrogen-bond donors (Lipinski definition) is 1. The standard InChI is InChI=1S/C13H13F2NOS/c1-8-6-9(7-18-8)12(16)10-4-2-3-5-11(10)17-13(14)15/h2-7,12-13H,16H2,1H3. The van der Waals surface area contributed by atoms with Gasteiger partial charge in [-0.25, -0.2) is 0 Å². The number of thiophene rings is 1. The SMILES string of the molecule is Cc1cc(C(N)c2ccccc2OC(F)F)cs1. The van der Waals surface area contributed by atoms with Crippen LogP contribution in [0, 0.1) is 6.92 Å². The maximum atomic E-state index is 12.3. The quantitative estimate of drug-likeness (QED) is 0.918. The van der Waals surface area contributed by atoms with Crippen molar-refractivity contribution in [3.05, 3.63) is 51.7 Å². The molecule has 2 aromatic rings. The third-order valence-corrected chi connectivity index (χ3v) is 3.46. The lowest BCUT2D eigenvalue weighted by Gasteiger charge is -2.15. The Kier molecular flexibility index (Phi) is 3.93. The van der Waals surface area contributed by atoms with E-state index in [1.807, 2.05) is 18.4 Å². The Bertz CT molecular complexity index is 527. The van der Waals surface area contributed by atoms with Gasteiger partial charge in [0.15, 0.2) is 0 Å². The number of benzene rings is 1. The summed E-state index contributed by atoms with van der Waals surface area (Å²) in [5, 5.41) is 1.93. The van der Waals surface area contributed by atoms with Gasteiger partial charge in [-0.3, -0.25) is 0 Å². The molecule has 0 radical (unpaired) electrons. The molecule has 18 heavy (non-hydrogen) atoms. The van der Waals surface area contributed by atoms with Gasteiger partial charge in [-0.05, 0) is 30.0 Å². The van der Waals surface area contributed by atoms with E-state index in [0.29, 0.717) is 5.56 Å². The predicted octanol–water partition coefficient (Wildman–Crippen LogP) is 3.71. The molecule has 96 valence electrons. The second kappa shape index (κ2) is 5.46. The topological polar surface area (TPSA) is 35.2 Å². The number of rotatable bonds is 4. The summed E-state index contributed by atoms with van der Waals surface area (Å²) in [6, 6.07) is 8.11. The molecule has 0 aliphatic rings. The van der Waals surface area contributed by atoms with Gasteiger partial charge in [0.2, 0.25) is 0 Å². The van der Waals surface area contributed by atoms with Gasteiger partial charge in [-0.2, -0.15) is 8.78 Å². The van der Waals surface area contributed by atoms with Crippen LogP contribution in [0.25, 0.3) is 0 Å². The van der Waals surface area contributed by atoms with Crippen molar-refractivity contribution in [2.24, 2.45) is 5.73 Å². The normalized spacial score (nSPS) is 12.7. The van der Waals surface area contributed by atoms with E-state index in [4.69, 9.17) is 5.73 Å². The molecular formula is C13H13F2NOS. The molecule has 0 bridgehead atoms. The Morgan fingerprint density at radius 2 is 2.00 bits per heavy atom. The zero-order chi connectivity index (χ0) is 13.1. The number of alkyl halides is 2. The highest BCUT2D eigenvalue weighted by Gasteiger charge is 2.17. The molecule has 0 saturated heterocycles. The number of nitrogens with two attached hydrogens (primary N) is 1. The molecule has 1 unspecified atom stereocenters. The minimum Gasteiger partial charge on any atom is -0.434 e. The molecule has 0 amide bonds. The smallest absolute Gasteiger partial charge is 0.387 e. The molecule has 5 heteroatoms. The second-order valence-corrected chi connectivity index (χ2v) is 5.00. The van der Waals surface area contributed by atoms with Crippen LogP contribution in [0.1, 0.15) is 22.0 Å². The van der Waals surface area contributed by atoms with E-state index in [0.717, 1.165) is 10.4 Å². The van der Waals surface area contributed by atoms with Crippen LogP contribution in [0.3, 0.4) is 0 Å².